The number of ether oxygens (including phenoxy) is 1. The summed E-state index contributed by atoms with van der Waals surface area (Å²) in [6, 6.07) is 6.66. The summed E-state index contributed by atoms with van der Waals surface area (Å²) in [6.07, 6.45) is -0.907. The van der Waals surface area contributed by atoms with Crippen molar-refractivity contribution in [3.63, 3.8) is 0 Å². The van der Waals surface area contributed by atoms with E-state index in [4.69, 9.17) is 14.7 Å². The highest BCUT2D eigenvalue weighted by Crippen LogP contribution is 2.15. The molecule has 10 heteroatoms. The lowest BCUT2D eigenvalue weighted by Gasteiger charge is -2.37. The van der Waals surface area contributed by atoms with E-state index in [0.717, 1.165) is 16.0 Å². The molecule has 0 aliphatic carbocycles. The number of carboxylic acids is 1. The van der Waals surface area contributed by atoms with E-state index in [2.05, 4.69) is 5.48 Å². The smallest absolute Gasteiger partial charge is 0.408 e. The molecule has 1 aromatic rings. The minimum absolute atomic E-state index is 0.142. The van der Waals surface area contributed by atoms with Gasteiger partial charge in [0.2, 0.25) is 5.91 Å². The standard InChI is InChI=1S/C22H33N3O7/c1-15(2)14-31-16(3)32-23-20(26)9-8-17-4-6-18(7-5-17)12-24-10-11-25(22(29)30)19(13-24)21(27)28/h4-7,15-16,19H,8-14H2,1-3H3,(H,23,26)(H,27,28)(H,29,30). The van der Waals surface area contributed by atoms with Gasteiger partial charge in [0.15, 0.2) is 6.29 Å². The molecule has 1 saturated heterocycles. The van der Waals surface area contributed by atoms with Crippen molar-refractivity contribution in [3.05, 3.63) is 35.4 Å². The molecule has 1 heterocycles. The Labute approximate surface area is 188 Å². The fourth-order valence-corrected chi connectivity index (χ4v) is 3.31. The molecule has 10 nitrogen and oxygen atoms in total. The number of piperazine rings is 1. The van der Waals surface area contributed by atoms with Gasteiger partial charge in [-0.1, -0.05) is 38.1 Å². The van der Waals surface area contributed by atoms with E-state index in [0.29, 0.717) is 32.0 Å². The molecule has 178 valence electrons. The quantitative estimate of drug-likeness (QED) is 0.344. The van der Waals surface area contributed by atoms with Crippen LogP contribution in [0.1, 0.15) is 38.3 Å². The van der Waals surface area contributed by atoms with Gasteiger partial charge in [-0.25, -0.2) is 19.9 Å². The Balaban J connectivity index is 1.75. The number of hydroxylamine groups is 1. The molecule has 0 bridgehead atoms. The van der Waals surface area contributed by atoms with Gasteiger partial charge in [-0.05, 0) is 30.4 Å². The average molecular weight is 452 g/mol. The highest BCUT2D eigenvalue weighted by Gasteiger charge is 2.35. The summed E-state index contributed by atoms with van der Waals surface area (Å²) in [5, 5.41) is 18.5. The van der Waals surface area contributed by atoms with Crippen molar-refractivity contribution < 1.29 is 34.2 Å². The van der Waals surface area contributed by atoms with Crippen LogP contribution in [-0.4, -0.2) is 76.6 Å². The van der Waals surface area contributed by atoms with Crippen LogP contribution in [0, 0.1) is 5.92 Å². The predicted octanol–water partition coefficient (Wildman–Crippen LogP) is 1.93. The number of carbonyl (C=O) groups excluding carboxylic acids is 1. The zero-order valence-corrected chi connectivity index (χ0v) is 18.8. The van der Waals surface area contributed by atoms with Gasteiger partial charge >= 0.3 is 12.1 Å². The number of aliphatic carboxylic acids is 1. The van der Waals surface area contributed by atoms with Gasteiger partial charge in [0.05, 0.1) is 6.61 Å². The first-order valence-corrected chi connectivity index (χ1v) is 10.7. The Hall–Kier alpha value is -2.69. The molecular formula is C22H33N3O7. The van der Waals surface area contributed by atoms with Crippen molar-refractivity contribution >= 4 is 18.0 Å². The minimum Gasteiger partial charge on any atom is -0.480 e. The molecule has 1 aromatic carbocycles. The van der Waals surface area contributed by atoms with Crippen molar-refractivity contribution in [1.29, 1.82) is 0 Å². The summed E-state index contributed by atoms with van der Waals surface area (Å²) in [4.78, 5) is 42.7. The fourth-order valence-electron chi connectivity index (χ4n) is 3.31. The number of rotatable bonds is 11. The Kier molecular flexibility index (Phi) is 9.89. The topological polar surface area (TPSA) is 129 Å². The second-order valence-electron chi connectivity index (χ2n) is 8.32. The van der Waals surface area contributed by atoms with Crippen molar-refractivity contribution in [2.45, 2.75) is 52.5 Å². The van der Waals surface area contributed by atoms with E-state index in [1.807, 2.05) is 43.0 Å². The molecule has 1 aliphatic rings. The number of hydrogen-bond acceptors (Lipinski definition) is 6. The van der Waals surface area contributed by atoms with Crippen molar-refractivity contribution in [3.8, 4) is 0 Å². The molecule has 3 N–H and O–H groups in total. The lowest BCUT2D eigenvalue weighted by Crippen LogP contribution is -2.57. The third-order valence-corrected chi connectivity index (χ3v) is 5.07. The molecule has 0 spiro atoms. The molecule has 32 heavy (non-hydrogen) atoms. The van der Waals surface area contributed by atoms with E-state index >= 15 is 0 Å². The van der Waals surface area contributed by atoms with E-state index in [1.165, 1.54) is 0 Å². The summed E-state index contributed by atoms with van der Waals surface area (Å²) in [6.45, 7) is 7.63. The van der Waals surface area contributed by atoms with Crippen LogP contribution in [0.15, 0.2) is 24.3 Å². The van der Waals surface area contributed by atoms with E-state index in [1.54, 1.807) is 6.92 Å². The Bertz CT molecular complexity index is 769. The number of aryl methyl sites for hydroxylation is 1. The largest absolute Gasteiger partial charge is 0.480 e. The summed E-state index contributed by atoms with van der Waals surface area (Å²) in [5.74, 6) is -0.992. The minimum atomic E-state index is -1.21. The first-order chi connectivity index (χ1) is 15.2. The van der Waals surface area contributed by atoms with Crippen LogP contribution < -0.4 is 5.48 Å². The molecule has 1 aliphatic heterocycles. The van der Waals surface area contributed by atoms with Crippen LogP contribution in [0.25, 0.3) is 0 Å². The van der Waals surface area contributed by atoms with Crippen molar-refractivity contribution in [2.75, 3.05) is 26.2 Å². The molecule has 2 unspecified atom stereocenters. The third kappa shape index (κ3) is 8.45. The van der Waals surface area contributed by atoms with Gasteiger partial charge in [0, 0.05) is 32.6 Å². The third-order valence-electron chi connectivity index (χ3n) is 5.07. The van der Waals surface area contributed by atoms with E-state index < -0.39 is 24.4 Å². The van der Waals surface area contributed by atoms with Gasteiger partial charge in [-0.2, -0.15) is 0 Å². The number of carbonyl (C=O) groups is 3. The predicted molar refractivity (Wildman–Crippen MR) is 116 cm³/mol. The van der Waals surface area contributed by atoms with Crippen LogP contribution in [0.5, 0.6) is 0 Å². The van der Waals surface area contributed by atoms with Crippen molar-refractivity contribution in [1.82, 2.24) is 15.3 Å². The molecule has 0 radical (unpaired) electrons. The Morgan fingerprint density at radius 3 is 2.34 bits per heavy atom. The maximum absolute atomic E-state index is 12.0. The summed E-state index contributed by atoms with van der Waals surface area (Å²) in [5.41, 5.74) is 4.39. The summed E-state index contributed by atoms with van der Waals surface area (Å²) >= 11 is 0. The molecule has 2 amide bonds. The maximum atomic E-state index is 12.0. The van der Waals surface area contributed by atoms with Crippen LogP contribution >= 0.6 is 0 Å². The number of nitrogens with one attached hydrogen (secondary N) is 1. The van der Waals surface area contributed by atoms with Crippen LogP contribution in [0.4, 0.5) is 4.79 Å². The number of nitrogens with zero attached hydrogens (tertiary/aromatic N) is 2. The number of amides is 2. The number of hydrogen-bond donors (Lipinski definition) is 3. The maximum Gasteiger partial charge on any atom is 0.408 e. The molecule has 2 atom stereocenters. The highest BCUT2D eigenvalue weighted by atomic mass is 16.8. The summed E-state index contributed by atoms with van der Waals surface area (Å²) < 4.78 is 5.42. The molecular weight excluding hydrogens is 418 g/mol. The highest BCUT2D eigenvalue weighted by molar-refractivity contribution is 5.79. The average Bonchev–Trinajstić information content (AvgIpc) is 2.75. The lowest BCUT2D eigenvalue weighted by molar-refractivity contribution is -0.183. The van der Waals surface area contributed by atoms with Gasteiger partial charge in [-0.3, -0.25) is 14.6 Å². The van der Waals surface area contributed by atoms with Gasteiger partial charge in [-0.15, -0.1) is 0 Å². The Morgan fingerprint density at radius 2 is 1.75 bits per heavy atom. The number of benzene rings is 1. The van der Waals surface area contributed by atoms with Crippen molar-refractivity contribution in [2.24, 2.45) is 5.92 Å². The molecule has 1 fully saturated rings. The normalized spacial score (nSPS) is 17.9. The van der Waals surface area contributed by atoms with Crippen LogP contribution in [-0.2, 0) is 32.1 Å². The van der Waals surface area contributed by atoms with E-state index in [9.17, 15) is 19.5 Å². The first kappa shape index (κ1) is 25.6. The molecule has 0 saturated carbocycles. The first-order valence-electron chi connectivity index (χ1n) is 10.7. The second kappa shape index (κ2) is 12.4. The molecule has 0 aromatic heterocycles. The van der Waals surface area contributed by atoms with Gasteiger partial charge in [0.25, 0.3) is 0 Å². The SMILES string of the molecule is CC(C)COC(C)ONC(=O)CCc1ccc(CN2CCN(C(=O)O)C(C(=O)O)C2)cc1. The Morgan fingerprint density at radius 1 is 1.09 bits per heavy atom. The number of carboxylic acid groups (broad SMARTS) is 2. The zero-order valence-electron chi connectivity index (χ0n) is 18.8. The van der Waals surface area contributed by atoms with Crippen LogP contribution in [0.2, 0.25) is 0 Å². The monoisotopic (exact) mass is 451 g/mol. The fraction of sp³-hybridized carbons (Fsp3) is 0.591. The van der Waals surface area contributed by atoms with E-state index in [-0.39, 0.29) is 25.4 Å². The molecule has 2 rings (SSSR count). The summed E-state index contributed by atoms with van der Waals surface area (Å²) in [7, 11) is 0. The zero-order chi connectivity index (χ0) is 23.7. The second-order valence-corrected chi connectivity index (χ2v) is 8.32. The van der Waals surface area contributed by atoms with Gasteiger partial charge in [0.1, 0.15) is 6.04 Å². The van der Waals surface area contributed by atoms with Crippen LogP contribution in [0.3, 0.4) is 0 Å². The van der Waals surface area contributed by atoms with Gasteiger partial charge < -0.3 is 14.9 Å². The lowest BCUT2D eigenvalue weighted by atomic mass is 10.1.